The Hall–Kier alpha value is -2.40. The molecule has 15 nitrogen and oxygen atoms in total. The molecule has 0 aromatic heterocycles. The normalized spacial score (nSPS) is 30.1. The summed E-state index contributed by atoms with van der Waals surface area (Å²) >= 11 is 0. The molecule has 0 spiro atoms. The van der Waals surface area contributed by atoms with Crippen molar-refractivity contribution in [1.82, 2.24) is 0 Å². The van der Waals surface area contributed by atoms with Crippen molar-refractivity contribution in [3.8, 4) is 0 Å². The Morgan fingerprint density at radius 3 is 1.84 bits per heavy atom. The summed E-state index contributed by atoms with van der Waals surface area (Å²) in [7, 11) is 0. The van der Waals surface area contributed by atoms with Gasteiger partial charge in [-0.2, -0.15) is 0 Å². The van der Waals surface area contributed by atoms with Gasteiger partial charge in [-0.05, 0) is 6.42 Å². The summed E-state index contributed by atoms with van der Waals surface area (Å²) in [5, 5.41) is 42.9. The summed E-state index contributed by atoms with van der Waals surface area (Å²) in [4.78, 5) is 51.1. The molecule has 9 atom stereocenters. The number of esters is 4. The van der Waals surface area contributed by atoms with E-state index in [-0.39, 0.29) is 6.42 Å². The lowest BCUT2D eigenvalue weighted by Crippen LogP contribution is -2.65. The van der Waals surface area contributed by atoms with Crippen LogP contribution in [0.4, 0.5) is 0 Å². The molecule has 2 heterocycles. The average molecular weight is 707 g/mol. The second kappa shape index (κ2) is 20.4. The van der Waals surface area contributed by atoms with Crippen LogP contribution in [0.5, 0.6) is 0 Å². The van der Waals surface area contributed by atoms with Crippen molar-refractivity contribution in [1.29, 1.82) is 0 Å². The highest BCUT2D eigenvalue weighted by atomic mass is 16.8. The van der Waals surface area contributed by atoms with Gasteiger partial charge in [-0.15, -0.1) is 0 Å². The molecule has 2 rings (SSSR count). The second-order valence-electron chi connectivity index (χ2n) is 13.6. The van der Waals surface area contributed by atoms with Gasteiger partial charge in [0, 0.05) is 6.42 Å². The van der Waals surface area contributed by atoms with Crippen LogP contribution in [-0.4, -0.2) is 119 Å². The van der Waals surface area contributed by atoms with Gasteiger partial charge in [0.1, 0.15) is 37.6 Å². The molecule has 4 N–H and O–H groups in total. The number of aliphatic hydroxyl groups is 4. The van der Waals surface area contributed by atoms with E-state index in [2.05, 4.69) is 6.92 Å². The molecule has 0 aromatic carbocycles. The number of ether oxygens (including phenoxy) is 7. The van der Waals surface area contributed by atoms with Gasteiger partial charge in [-0.1, -0.05) is 87.0 Å². The lowest BCUT2D eigenvalue weighted by molar-refractivity contribution is -0.384. The van der Waals surface area contributed by atoms with Gasteiger partial charge in [0.2, 0.25) is 12.1 Å². The third-order valence-corrected chi connectivity index (χ3v) is 8.36. The van der Waals surface area contributed by atoms with Crippen molar-refractivity contribution in [2.75, 3.05) is 19.8 Å². The fourth-order valence-electron chi connectivity index (χ4n) is 5.29. The van der Waals surface area contributed by atoms with E-state index >= 15 is 0 Å². The van der Waals surface area contributed by atoms with Gasteiger partial charge in [0.15, 0.2) is 18.3 Å². The molecule has 0 amide bonds. The van der Waals surface area contributed by atoms with Crippen molar-refractivity contribution in [3.05, 3.63) is 0 Å². The maximum absolute atomic E-state index is 13.2. The van der Waals surface area contributed by atoms with Crippen LogP contribution in [0.3, 0.4) is 0 Å². The van der Waals surface area contributed by atoms with E-state index in [1.165, 1.54) is 0 Å². The van der Waals surface area contributed by atoms with Gasteiger partial charge in [-0.3, -0.25) is 19.2 Å². The third-order valence-electron chi connectivity index (χ3n) is 8.36. The van der Waals surface area contributed by atoms with Gasteiger partial charge < -0.3 is 53.6 Å². The number of hydrogen-bond acceptors (Lipinski definition) is 15. The van der Waals surface area contributed by atoms with Crippen LogP contribution in [0.15, 0.2) is 0 Å². The van der Waals surface area contributed by atoms with Crippen molar-refractivity contribution in [2.45, 2.75) is 155 Å². The molecular weight excluding hydrogens is 648 g/mol. The largest absolute Gasteiger partial charge is 0.463 e. The first kappa shape index (κ1) is 42.8. The Labute approximate surface area is 288 Å². The summed E-state index contributed by atoms with van der Waals surface area (Å²) < 4.78 is 40.1. The lowest BCUT2D eigenvalue weighted by atomic mass is 9.97. The van der Waals surface area contributed by atoms with Gasteiger partial charge in [0.05, 0.1) is 24.4 Å². The van der Waals surface area contributed by atoms with Crippen LogP contribution in [0.1, 0.15) is 99.8 Å². The Morgan fingerprint density at radius 2 is 1.29 bits per heavy atom. The molecule has 0 unspecified atom stereocenters. The van der Waals surface area contributed by atoms with E-state index in [1.54, 1.807) is 41.5 Å². The van der Waals surface area contributed by atoms with Gasteiger partial charge in [-0.25, -0.2) is 0 Å². The molecule has 0 aliphatic carbocycles. The maximum Gasteiger partial charge on any atom is 0.308 e. The number of hydrogen-bond donors (Lipinski definition) is 4. The van der Waals surface area contributed by atoms with Crippen molar-refractivity contribution >= 4 is 23.9 Å². The van der Waals surface area contributed by atoms with Crippen LogP contribution in [0.25, 0.3) is 0 Å². The predicted molar refractivity (Wildman–Crippen MR) is 171 cm³/mol. The lowest BCUT2D eigenvalue weighted by Gasteiger charge is -2.46. The monoisotopic (exact) mass is 706 g/mol. The molecule has 2 saturated heterocycles. The van der Waals surface area contributed by atoms with E-state index in [1.807, 2.05) is 0 Å². The molecule has 15 heteroatoms. The quantitative estimate of drug-likeness (QED) is 0.0809. The first-order chi connectivity index (χ1) is 23.1. The Morgan fingerprint density at radius 1 is 0.714 bits per heavy atom. The molecule has 0 bridgehead atoms. The maximum atomic E-state index is 13.2. The average Bonchev–Trinajstić information content (AvgIpc) is 3.32. The summed E-state index contributed by atoms with van der Waals surface area (Å²) in [6, 6.07) is 0. The third kappa shape index (κ3) is 12.1. The van der Waals surface area contributed by atoms with Gasteiger partial charge in [0.25, 0.3) is 0 Å². The summed E-state index contributed by atoms with van der Waals surface area (Å²) in [6.07, 6.45) is -6.45. The highest BCUT2D eigenvalue weighted by Crippen LogP contribution is 2.39. The molecule has 0 radical (unpaired) electrons. The number of carbonyl (C=O) groups is 4. The number of rotatable bonds is 20. The molecule has 284 valence electrons. The topological polar surface area (TPSA) is 214 Å². The van der Waals surface area contributed by atoms with Crippen molar-refractivity contribution in [3.63, 3.8) is 0 Å². The van der Waals surface area contributed by atoms with E-state index in [0.29, 0.717) is 6.42 Å². The summed E-state index contributed by atoms with van der Waals surface area (Å²) in [5.74, 6) is -7.14. The van der Waals surface area contributed by atoms with Crippen molar-refractivity contribution < 1.29 is 72.8 Å². The minimum absolute atomic E-state index is 0.0189. The minimum Gasteiger partial charge on any atom is -0.463 e. The number of aliphatic hydroxyl groups excluding tert-OH is 4. The number of unbranched alkanes of at least 4 members (excludes halogenated alkanes) is 6. The molecule has 2 fully saturated rings. The molecule has 2 aliphatic rings. The highest BCUT2D eigenvalue weighted by molar-refractivity contribution is 5.73. The van der Waals surface area contributed by atoms with Crippen LogP contribution in [0, 0.1) is 17.8 Å². The zero-order chi connectivity index (χ0) is 36.9. The highest BCUT2D eigenvalue weighted by Gasteiger charge is 2.62. The first-order valence-corrected chi connectivity index (χ1v) is 17.5. The minimum atomic E-state index is -2.39. The predicted octanol–water partition coefficient (Wildman–Crippen LogP) is 1.92. The molecular formula is C34H58O15. The van der Waals surface area contributed by atoms with Crippen LogP contribution < -0.4 is 0 Å². The van der Waals surface area contributed by atoms with Crippen LogP contribution >= 0.6 is 0 Å². The van der Waals surface area contributed by atoms with Gasteiger partial charge >= 0.3 is 23.9 Å². The Bertz CT molecular complexity index is 1050. The Kier molecular flexibility index (Phi) is 17.8. The fraction of sp³-hybridized carbons (Fsp3) is 0.882. The zero-order valence-corrected chi connectivity index (χ0v) is 29.9. The van der Waals surface area contributed by atoms with E-state index in [4.69, 9.17) is 33.2 Å². The first-order valence-electron chi connectivity index (χ1n) is 17.5. The van der Waals surface area contributed by atoms with Crippen LogP contribution in [0.2, 0.25) is 0 Å². The summed E-state index contributed by atoms with van der Waals surface area (Å²) in [5.41, 5.74) is 0. The smallest absolute Gasteiger partial charge is 0.308 e. The summed E-state index contributed by atoms with van der Waals surface area (Å²) in [6.45, 7) is 9.18. The number of carbonyl (C=O) groups excluding carboxylic acids is 4. The van der Waals surface area contributed by atoms with E-state index < -0.39 is 116 Å². The van der Waals surface area contributed by atoms with E-state index in [0.717, 1.165) is 38.5 Å². The van der Waals surface area contributed by atoms with E-state index in [9.17, 15) is 39.6 Å². The molecule has 0 aromatic rings. The van der Waals surface area contributed by atoms with Crippen LogP contribution in [-0.2, 0) is 52.3 Å². The fourth-order valence-corrected chi connectivity index (χ4v) is 5.29. The molecule has 0 saturated carbocycles. The molecule has 2 aliphatic heterocycles. The SMILES string of the molecule is CCCCCCCCCC(=O)O[C@@H]1[C@@H](O[C@]2(CO)O[C@H](CO)[C@@H](O)[C@@H]2OC(=O)C(C)C)O[C@@H](COC(=O)C(C)C)[C@H](O)[C@H]1OC(=O)C(C)C. The molecule has 49 heavy (non-hydrogen) atoms. The Balaban J connectivity index is 2.49. The second-order valence-corrected chi connectivity index (χ2v) is 13.6. The standard InChI is InChI=1S/C34H58O15/c1-8-9-10-11-12-13-14-15-24(37)45-28-27(46-31(41)20(4)5)25(38)23(17-43-30(40)19(2)3)44-33(28)49-34(18-36)29(47-32(42)21(6)7)26(39)22(16-35)48-34/h19-23,25-29,33,35-36,38-39H,8-18H2,1-7H3/t22-,23+,25+,26-,27-,28+,29+,33-,34+/m1/s1. The zero-order valence-electron chi connectivity index (χ0n) is 29.9. The van der Waals surface area contributed by atoms with Crippen molar-refractivity contribution in [2.24, 2.45) is 17.8 Å².